The molecule has 2 amide bonds. The maximum absolute atomic E-state index is 13.4. The zero-order valence-corrected chi connectivity index (χ0v) is 17.4. The molecule has 28 heavy (non-hydrogen) atoms. The van der Waals surface area contributed by atoms with Crippen LogP contribution in [0.1, 0.15) is 52.0 Å². The van der Waals surface area contributed by atoms with E-state index in [9.17, 15) is 14.0 Å². The molecular formula is C21H25FN2O3S. The molecule has 7 heteroatoms. The van der Waals surface area contributed by atoms with E-state index in [1.54, 1.807) is 11.0 Å². The van der Waals surface area contributed by atoms with Crippen molar-refractivity contribution in [3.05, 3.63) is 56.5 Å². The minimum absolute atomic E-state index is 0.188. The van der Waals surface area contributed by atoms with E-state index in [1.165, 1.54) is 23.5 Å². The Morgan fingerprint density at radius 2 is 2.04 bits per heavy atom. The van der Waals surface area contributed by atoms with Gasteiger partial charge in [0.25, 0.3) is 5.91 Å². The van der Waals surface area contributed by atoms with Crippen molar-refractivity contribution >= 4 is 23.3 Å². The summed E-state index contributed by atoms with van der Waals surface area (Å²) in [5, 5.41) is 2.86. The number of hydrogen-bond acceptors (Lipinski definition) is 4. The number of fused-ring (bicyclic) bond motifs is 1. The van der Waals surface area contributed by atoms with Gasteiger partial charge in [-0.25, -0.2) is 9.18 Å². The molecule has 1 aromatic carbocycles. The van der Waals surface area contributed by atoms with Crippen LogP contribution in [0.2, 0.25) is 0 Å². The molecule has 1 aliphatic rings. The molecule has 0 fully saturated rings. The first kappa shape index (κ1) is 20.3. The van der Waals surface area contributed by atoms with E-state index in [4.69, 9.17) is 4.74 Å². The van der Waals surface area contributed by atoms with Gasteiger partial charge < -0.3 is 15.0 Å². The third-order valence-electron chi connectivity index (χ3n) is 4.49. The number of nitrogens with one attached hydrogen (secondary N) is 1. The van der Waals surface area contributed by atoms with Crippen molar-refractivity contribution in [3.63, 3.8) is 0 Å². The quantitative estimate of drug-likeness (QED) is 0.824. The van der Waals surface area contributed by atoms with Crippen LogP contribution in [0.3, 0.4) is 0 Å². The first-order valence-electron chi connectivity index (χ1n) is 9.25. The van der Waals surface area contributed by atoms with Crippen molar-refractivity contribution in [2.75, 3.05) is 6.54 Å². The molecule has 1 aromatic heterocycles. The van der Waals surface area contributed by atoms with E-state index in [1.807, 2.05) is 33.8 Å². The minimum atomic E-state index is -0.536. The lowest BCUT2D eigenvalue weighted by atomic mass is 10.1. The SMILES string of the molecule is Cc1ccc(F)cc1CNC(=O)c1cc2c(s1)CCN(C(=O)OC(C)(C)C)C2. The van der Waals surface area contributed by atoms with Gasteiger partial charge in [0.2, 0.25) is 0 Å². The van der Waals surface area contributed by atoms with Crippen LogP contribution in [-0.4, -0.2) is 29.0 Å². The Labute approximate surface area is 168 Å². The smallest absolute Gasteiger partial charge is 0.410 e. The van der Waals surface area contributed by atoms with Gasteiger partial charge in [0.1, 0.15) is 11.4 Å². The molecule has 1 N–H and O–H groups in total. The van der Waals surface area contributed by atoms with Crippen LogP contribution in [0.4, 0.5) is 9.18 Å². The molecule has 2 aromatic rings. The first-order valence-corrected chi connectivity index (χ1v) is 10.1. The van der Waals surface area contributed by atoms with Crippen molar-refractivity contribution in [2.24, 2.45) is 0 Å². The number of ether oxygens (including phenoxy) is 1. The van der Waals surface area contributed by atoms with E-state index in [-0.39, 0.29) is 24.4 Å². The molecule has 0 atom stereocenters. The Hall–Kier alpha value is -2.41. The van der Waals surface area contributed by atoms with Crippen molar-refractivity contribution in [1.29, 1.82) is 0 Å². The highest BCUT2D eigenvalue weighted by molar-refractivity contribution is 7.14. The molecule has 150 valence electrons. The summed E-state index contributed by atoms with van der Waals surface area (Å²) in [7, 11) is 0. The fourth-order valence-corrected chi connectivity index (χ4v) is 4.10. The number of aryl methyl sites for hydroxylation is 1. The zero-order valence-electron chi connectivity index (χ0n) is 16.6. The average Bonchev–Trinajstić information content (AvgIpc) is 3.04. The van der Waals surface area contributed by atoms with Gasteiger partial charge in [-0.3, -0.25) is 4.79 Å². The molecular weight excluding hydrogens is 379 g/mol. The van der Waals surface area contributed by atoms with Gasteiger partial charge in [0, 0.05) is 18.0 Å². The van der Waals surface area contributed by atoms with Crippen molar-refractivity contribution in [1.82, 2.24) is 10.2 Å². The lowest BCUT2D eigenvalue weighted by Crippen LogP contribution is -2.39. The lowest BCUT2D eigenvalue weighted by molar-refractivity contribution is 0.0225. The highest BCUT2D eigenvalue weighted by Gasteiger charge is 2.27. The highest BCUT2D eigenvalue weighted by atomic mass is 32.1. The second kappa shape index (κ2) is 7.91. The standard InChI is InChI=1S/C21H25FN2O3S/c1-13-5-6-16(22)9-14(13)11-23-19(25)18-10-15-12-24(8-7-17(15)28-18)20(26)27-21(2,3)4/h5-6,9-10H,7-8,11-12H2,1-4H3,(H,23,25). The average molecular weight is 405 g/mol. The van der Waals surface area contributed by atoms with E-state index in [0.717, 1.165) is 21.6 Å². The van der Waals surface area contributed by atoms with Gasteiger partial charge >= 0.3 is 6.09 Å². The maximum atomic E-state index is 13.4. The van der Waals surface area contributed by atoms with Crippen molar-refractivity contribution < 1.29 is 18.7 Å². The fraction of sp³-hybridized carbons (Fsp3) is 0.429. The summed E-state index contributed by atoms with van der Waals surface area (Å²) in [5.41, 5.74) is 2.13. The predicted molar refractivity (Wildman–Crippen MR) is 107 cm³/mol. The summed E-state index contributed by atoms with van der Waals surface area (Å²) in [6.07, 6.45) is 0.368. The third kappa shape index (κ3) is 4.90. The summed E-state index contributed by atoms with van der Waals surface area (Å²) >= 11 is 1.45. The van der Waals surface area contributed by atoms with Gasteiger partial charge in [0.05, 0.1) is 11.4 Å². The van der Waals surface area contributed by atoms with Crippen molar-refractivity contribution in [2.45, 2.75) is 52.8 Å². The summed E-state index contributed by atoms with van der Waals surface area (Å²) < 4.78 is 18.8. The number of nitrogens with zero attached hydrogens (tertiary/aromatic N) is 1. The Morgan fingerprint density at radius 3 is 2.75 bits per heavy atom. The predicted octanol–water partition coefficient (Wildman–Crippen LogP) is 4.42. The molecule has 3 rings (SSSR count). The van der Waals surface area contributed by atoms with E-state index >= 15 is 0 Å². The maximum Gasteiger partial charge on any atom is 0.410 e. The molecule has 0 spiro atoms. The molecule has 1 aliphatic heterocycles. The Morgan fingerprint density at radius 1 is 1.29 bits per heavy atom. The third-order valence-corrected chi connectivity index (χ3v) is 5.73. The van der Waals surface area contributed by atoms with Gasteiger partial charge in [-0.05, 0) is 69.0 Å². The number of halogens is 1. The summed E-state index contributed by atoms with van der Waals surface area (Å²) in [6.45, 7) is 8.70. The Kier molecular flexibility index (Phi) is 5.74. The molecule has 0 unspecified atom stereocenters. The van der Waals surface area contributed by atoms with E-state index in [2.05, 4.69) is 5.32 Å². The van der Waals surface area contributed by atoms with Crippen LogP contribution < -0.4 is 5.32 Å². The second-order valence-corrected chi connectivity index (χ2v) is 9.10. The first-order chi connectivity index (χ1) is 13.1. The summed E-state index contributed by atoms with van der Waals surface area (Å²) in [6, 6.07) is 6.38. The Bertz CT molecular complexity index is 902. The van der Waals surface area contributed by atoms with E-state index < -0.39 is 5.60 Å². The zero-order chi connectivity index (χ0) is 20.5. The number of thiophene rings is 1. The van der Waals surface area contributed by atoms with E-state index in [0.29, 0.717) is 24.4 Å². The van der Waals surface area contributed by atoms with Crippen LogP contribution >= 0.6 is 11.3 Å². The number of carbonyl (C=O) groups is 2. The second-order valence-electron chi connectivity index (χ2n) is 7.96. The minimum Gasteiger partial charge on any atom is -0.444 e. The van der Waals surface area contributed by atoms with Crippen LogP contribution in [0.15, 0.2) is 24.3 Å². The van der Waals surface area contributed by atoms with Gasteiger partial charge in [-0.2, -0.15) is 0 Å². The fourth-order valence-electron chi connectivity index (χ4n) is 3.02. The number of amides is 2. The van der Waals surface area contributed by atoms with Gasteiger partial charge in [0.15, 0.2) is 0 Å². The molecule has 2 heterocycles. The topological polar surface area (TPSA) is 58.6 Å². The summed E-state index contributed by atoms with van der Waals surface area (Å²) in [5.74, 6) is -0.504. The van der Waals surface area contributed by atoms with Gasteiger partial charge in [-0.1, -0.05) is 6.07 Å². The van der Waals surface area contributed by atoms with Crippen LogP contribution in [-0.2, 0) is 24.2 Å². The van der Waals surface area contributed by atoms with Crippen LogP contribution in [0.5, 0.6) is 0 Å². The number of rotatable bonds is 3. The van der Waals surface area contributed by atoms with Crippen molar-refractivity contribution in [3.8, 4) is 0 Å². The number of hydrogen-bond donors (Lipinski definition) is 1. The number of carbonyl (C=O) groups excluding carboxylic acids is 2. The summed E-state index contributed by atoms with van der Waals surface area (Å²) in [4.78, 5) is 28.2. The molecule has 0 bridgehead atoms. The normalized spacial score (nSPS) is 13.8. The monoisotopic (exact) mass is 404 g/mol. The van der Waals surface area contributed by atoms with Gasteiger partial charge in [-0.15, -0.1) is 11.3 Å². The lowest BCUT2D eigenvalue weighted by Gasteiger charge is -2.29. The number of benzene rings is 1. The molecule has 0 aliphatic carbocycles. The molecule has 0 radical (unpaired) electrons. The molecule has 0 saturated carbocycles. The highest BCUT2D eigenvalue weighted by Crippen LogP contribution is 2.29. The molecule has 0 saturated heterocycles. The largest absolute Gasteiger partial charge is 0.444 e. The van der Waals surface area contributed by atoms with Crippen LogP contribution in [0.25, 0.3) is 0 Å². The molecule has 5 nitrogen and oxygen atoms in total. The van der Waals surface area contributed by atoms with Crippen LogP contribution in [0, 0.1) is 12.7 Å². The Balaban J connectivity index is 1.64.